The monoisotopic (exact) mass is 515 g/mol. The number of benzene rings is 2. The van der Waals surface area contributed by atoms with E-state index in [0.717, 1.165) is 19.6 Å². The quantitative estimate of drug-likeness (QED) is 0.320. The lowest BCUT2D eigenvalue weighted by Crippen LogP contribution is -2.37. The highest BCUT2D eigenvalue weighted by molar-refractivity contribution is 8.93. The molecule has 5 rings (SSSR count). The van der Waals surface area contributed by atoms with E-state index in [9.17, 15) is 24.8 Å². The molecular weight excluding hydrogens is 494 g/mol. The number of halogens is 1. The second-order valence-corrected chi connectivity index (χ2v) is 8.03. The fourth-order valence-corrected chi connectivity index (χ4v) is 4.61. The van der Waals surface area contributed by atoms with Gasteiger partial charge in [0.1, 0.15) is 5.75 Å². The molecule has 10 heteroatoms. The number of aromatic nitrogens is 1. The molecule has 0 radical (unpaired) electrons. The first-order valence-electron chi connectivity index (χ1n) is 10.5. The molecule has 1 fully saturated rings. The lowest BCUT2D eigenvalue weighted by Gasteiger charge is -2.26. The molecule has 3 aromatic rings. The summed E-state index contributed by atoms with van der Waals surface area (Å²) < 4.78 is 6.93. The van der Waals surface area contributed by atoms with Crippen LogP contribution in [0, 0.1) is 10.1 Å². The Hall–Kier alpha value is -3.08. The molecule has 2 aliphatic rings. The Labute approximate surface area is 199 Å². The molecule has 9 nitrogen and oxygen atoms in total. The fraction of sp³-hybridized carbons (Fsp3) is 0.304. The Morgan fingerprint density at radius 3 is 2.48 bits per heavy atom. The van der Waals surface area contributed by atoms with E-state index in [1.807, 2.05) is 0 Å². The number of ether oxygens (including phenoxy) is 1. The summed E-state index contributed by atoms with van der Waals surface area (Å²) in [5.74, 6) is -0.335. The van der Waals surface area contributed by atoms with Gasteiger partial charge in [0.25, 0.3) is 11.2 Å². The minimum atomic E-state index is -0.552. The van der Waals surface area contributed by atoms with Gasteiger partial charge >= 0.3 is 0 Å². The number of nitro groups is 1. The normalized spacial score (nSPS) is 15.2. The maximum absolute atomic E-state index is 13.5. The summed E-state index contributed by atoms with van der Waals surface area (Å²) in [5, 5.41) is 21.7. The number of hydrogen-bond donors (Lipinski definition) is 1. The Kier molecular flexibility index (Phi) is 6.33. The number of non-ortho nitro benzene ring substituents is 1. The van der Waals surface area contributed by atoms with Crippen LogP contribution in [-0.4, -0.2) is 58.1 Å². The average Bonchev–Trinajstić information content (AvgIpc) is 3.08. The molecule has 2 aromatic carbocycles. The van der Waals surface area contributed by atoms with Gasteiger partial charge in [0.2, 0.25) is 0 Å². The molecule has 33 heavy (non-hydrogen) atoms. The Bertz CT molecular complexity index is 1330. The molecule has 1 saturated heterocycles. The average molecular weight is 516 g/mol. The Morgan fingerprint density at radius 1 is 1.00 bits per heavy atom. The number of pyridine rings is 1. The van der Waals surface area contributed by atoms with Gasteiger partial charge in [-0.05, 0) is 30.7 Å². The molecule has 0 spiro atoms. The molecule has 0 atom stereocenters. The molecule has 1 aliphatic carbocycles. The highest BCUT2D eigenvalue weighted by Crippen LogP contribution is 2.41. The topological polar surface area (TPSA) is 115 Å². The zero-order valence-corrected chi connectivity index (χ0v) is 19.4. The van der Waals surface area contributed by atoms with E-state index in [2.05, 4.69) is 4.90 Å². The Morgan fingerprint density at radius 2 is 1.76 bits per heavy atom. The van der Waals surface area contributed by atoms with Gasteiger partial charge in [-0.15, -0.1) is 17.0 Å². The first-order valence-corrected chi connectivity index (χ1v) is 10.5. The number of hydrogen-bond acceptors (Lipinski definition) is 7. The number of morpholine rings is 1. The van der Waals surface area contributed by atoms with E-state index >= 15 is 0 Å². The summed E-state index contributed by atoms with van der Waals surface area (Å²) in [6.45, 7) is 4.16. The summed E-state index contributed by atoms with van der Waals surface area (Å²) >= 11 is 0. The van der Waals surface area contributed by atoms with Crippen molar-refractivity contribution in [1.29, 1.82) is 0 Å². The summed E-state index contributed by atoms with van der Waals surface area (Å²) in [6.07, 6.45) is 0.675. The van der Waals surface area contributed by atoms with Crippen LogP contribution in [0.15, 0.2) is 41.2 Å². The van der Waals surface area contributed by atoms with E-state index in [4.69, 9.17) is 4.74 Å². The molecule has 1 aliphatic heterocycles. The third-order valence-electron chi connectivity index (χ3n) is 6.16. The maximum atomic E-state index is 13.5. The number of ketones is 1. The minimum absolute atomic E-state index is 0. The van der Waals surface area contributed by atoms with Gasteiger partial charge in [0.15, 0.2) is 5.78 Å². The van der Waals surface area contributed by atoms with Crippen LogP contribution in [0.5, 0.6) is 5.75 Å². The summed E-state index contributed by atoms with van der Waals surface area (Å²) in [6, 6.07) is 8.54. The number of nitrogens with zero attached hydrogens (tertiary/aromatic N) is 3. The highest BCUT2D eigenvalue weighted by Gasteiger charge is 2.33. The number of aromatic hydroxyl groups is 1. The van der Waals surface area contributed by atoms with Crippen molar-refractivity contribution in [2.45, 2.75) is 13.0 Å². The molecule has 172 valence electrons. The van der Waals surface area contributed by atoms with Gasteiger partial charge < -0.3 is 14.4 Å². The van der Waals surface area contributed by atoms with E-state index in [-0.39, 0.29) is 45.1 Å². The highest BCUT2D eigenvalue weighted by atomic mass is 79.9. The summed E-state index contributed by atoms with van der Waals surface area (Å²) in [7, 11) is 0. The van der Waals surface area contributed by atoms with Gasteiger partial charge in [-0.1, -0.05) is 0 Å². The number of carbonyl (C=O) groups excluding carboxylic acids is 1. The lowest BCUT2D eigenvalue weighted by molar-refractivity contribution is -0.384. The van der Waals surface area contributed by atoms with Crippen molar-refractivity contribution in [2.24, 2.45) is 0 Å². The summed E-state index contributed by atoms with van der Waals surface area (Å²) in [5.41, 5.74) is 1.21. The Balaban J connectivity index is 0.00000259. The second-order valence-electron chi connectivity index (χ2n) is 8.03. The van der Waals surface area contributed by atoms with E-state index in [1.54, 1.807) is 10.6 Å². The SMILES string of the molecule is Br.O=C1c2cc(O)ccc2-c2c1c1ccc([N+](=O)[O-])cc1c(=O)n2CCCN1CCOCC1. The fourth-order valence-electron chi connectivity index (χ4n) is 4.61. The van der Waals surface area contributed by atoms with Crippen LogP contribution >= 0.6 is 17.0 Å². The molecule has 0 amide bonds. The molecule has 1 aromatic heterocycles. The molecule has 0 unspecified atom stereocenters. The van der Waals surface area contributed by atoms with E-state index in [1.165, 1.54) is 30.3 Å². The first kappa shape index (κ1) is 23.1. The van der Waals surface area contributed by atoms with Crippen LogP contribution in [0.25, 0.3) is 22.0 Å². The largest absolute Gasteiger partial charge is 0.508 e. The van der Waals surface area contributed by atoms with E-state index in [0.29, 0.717) is 53.9 Å². The van der Waals surface area contributed by atoms with Crippen LogP contribution < -0.4 is 5.56 Å². The number of nitro benzene ring substituents is 1. The number of carbonyl (C=O) groups is 1. The van der Waals surface area contributed by atoms with Crippen molar-refractivity contribution >= 4 is 39.2 Å². The van der Waals surface area contributed by atoms with Crippen LogP contribution in [-0.2, 0) is 11.3 Å². The maximum Gasteiger partial charge on any atom is 0.270 e. The van der Waals surface area contributed by atoms with Crippen molar-refractivity contribution < 1.29 is 19.6 Å². The smallest absolute Gasteiger partial charge is 0.270 e. The third-order valence-corrected chi connectivity index (χ3v) is 6.16. The molecule has 2 heterocycles. The van der Waals surface area contributed by atoms with E-state index < -0.39 is 4.92 Å². The van der Waals surface area contributed by atoms with Crippen LogP contribution in [0.2, 0.25) is 0 Å². The van der Waals surface area contributed by atoms with Gasteiger partial charge in [-0.25, -0.2) is 0 Å². The predicted molar refractivity (Wildman–Crippen MR) is 128 cm³/mol. The van der Waals surface area contributed by atoms with Crippen LogP contribution in [0.3, 0.4) is 0 Å². The third kappa shape index (κ3) is 3.94. The molecule has 0 bridgehead atoms. The second kappa shape index (κ2) is 9.05. The number of fused-ring (bicyclic) bond motifs is 5. The van der Waals surface area contributed by atoms with Crippen LogP contribution in [0.1, 0.15) is 22.3 Å². The van der Waals surface area contributed by atoms with Crippen LogP contribution in [0.4, 0.5) is 5.69 Å². The standard InChI is InChI=1S/C23H21N3O6.BrH/c27-15-3-5-17-18(13-15)22(28)20-16-4-2-14(26(30)31)12-19(16)23(29)25(21(17)20)7-1-6-24-8-10-32-11-9-24;/h2-5,12-13,27H,1,6-11H2;1H. The zero-order chi connectivity index (χ0) is 22.4. The number of rotatable bonds is 5. The lowest BCUT2D eigenvalue weighted by atomic mass is 10.0. The molecule has 0 saturated carbocycles. The number of phenolic OH excluding ortho intramolecular Hbond substituents is 1. The van der Waals surface area contributed by atoms with Gasteiger partial charge in [-0.3, -0.25) is 24.6 Å². The number of phenols is 1. The van der Waals surface area contributed by atoms with Gasteiger partial charge in [-0.2, -0.15) is 0 Å². The molecule has 1 N–H and O–H groups in total. The zero-order valence-electron chi connectivity index (χ0n) is 17.7. The van der Waals surface area contributed by atoms with Crippen molar-refractivity contribution in [2.75, 3.05) is 32.8 Å². The summed E-state index contributed by atoms with van der Waals surface area (Å²) in [4.78, 5) is 39.7. The predicted octanol–water partition coefficient (Wildman–Crippen LogP) is 3.13. The first-order chi connectivity index (χ1) is 15.5. The van der Waals surface area contributed by atoms with Crippen molar-refractivity contribution in [3.63, 3.8) is 0 Å². The van der Waals surface area contributed by atoms with Crippen molar-refractivity contribution in [3.8, 4) is 17.0 Å². The minimum Gasteiger partial charge on any atom is -0.508 e. The van der Waals surface area contributed by atoms with Crippen molar-refractivity contribution in [3.05, 3.63) is 68.0 Å². The van der Waals surface area contributed by atoms with Gasteiger partial charge in [0.05, 0.1) is 34.8 Å². The van der Waals surface area contributed by atoms with Gasteiger partial charge in [0, 0.05) is 54.8 Å². The molecular formula is C23H22BrN3O6. The van der Waals surface area contributed by atoms with Crippen molar-refractivity contribution in [1.82, 2.24) is 9.47 Å².